The lowest BCUT2D eigenvalue weighted by Crippen LogP contribution is -2.17. The van der Waals surface area contributed by atoms with Crippen LogP contribution in [0.15, 0.2) is 0 Å². The standard InChI is InChI=1S/C7H13O2P/c1-5(2)6(8)7(9)10(3)4/h5H,1-4H3. The molecule has 0 spiro atoms. The minimum absolute atomic E-state index is 0.141. The van der Waals surface area contributed by atoms with Crippen LogP contribution in [-0.2, 0) is 9.59 Å². The molecule has 0 atom stereocenters. The summed E-state index contributed by atoms with van der Waals surface area (Å²) in [5.74, 6) is -0.367. The van der Waals surface area contributed by atoms with E-state index in [9.17, 15) is 9.59 Å². The fraction of sp³-hybridized carbons (Fsp3) is 0.714. The molecule has 0 saturated carbocycles. The zero-order valence-electron chi connectivity index (χ0n) is 6.84. The molecule has 0 bridgehead atoms. The van der Waals surface area contributed by atoms with E-state index in [2.05, 4.69) is 0 Å². The molecule has 58 valence electrons. The number of carbonyl (C=O) groups is 2. The molecule has 0 aliphatic heterocycles. The van der Waals surface area contributed by atoms with E-state index in [4.69, 9.17) is 0 Å². The molecule has 0 aromatic rings. The zero-order valence-corrected chi connectivity index (χ0v) is 7.74. The third kappa shape index (κ3) is 2.57. The molecule has 0 aromatic carbocycles. The Labute approximate surface area is 62.8 Å². The average Bonchev–Trinajstić information content (AvgIpc) is 1.84. The summed E-state index contributed by atoms with van der Waals surface area (Å²) in [5.41, 5.74) is -0.190. The van der Waals surface area contributed by atoms with Crippen molar-refractivity contribution in [3.05, 3.63) is 0 Å². The van der Waals surface area contributed by atoms with Crippen molar-refractivity contribution in [2.24, 2.45) is 5.92 Å². The Morgan fingerprint density at radius 2 is 1.60 bits per heavy atom. The largest absolute Gasteiger partial charge is 0.290 e. The monoisotopic (exact) mass is 160 g/mol. The van der Waals surface area contributed by atoms with Gasteiger partial charge in [0.2, 0.25) is 11.3 Å². The molecule has 0 amide bonds. The average molecular weight is 160 g/mol. The summed E-state index contributed by atoms with van der Waals surface area (Å²) >= 11 is 0. The Kier molecular flexibility index (Phi) is 3.73. The van der Waals surface area contributed by atoms with Gasteiger partial charge in [-0.3, -0.25) is 9.59 Å². The molecule has 3 heteroatoms. The second-order valence-corrected chi connectivity index (χ2v) is 4.91. The van der Waals surface area contributed by atoms with Crippen molar-refractivity contribution in [3.63, 3.8) is 0 Å². The topological polar surface area (TPSA) is 34.1 Å². The maximum Gasteiger partial charge on any atom is 0.219 e. The van der Waals surface area contributed by atoms with E-state index in [0.29, 0.717) is 0 Å². The lowest BCUT2D eigenvalue weighted by Gasteiger charge is -2.04. The van der Waals surface area contributed by atoms with Crippen LogP contribution in [0.3, 0.4) is 0 Å². The molecule has 0 heterocycles. The molecule has 0 rings (SSSR count). The summed E-state index contributed by atoms with van der Waals surface area (Å²) < 4.78 is 0. The normalized spacial score (nSPS) is 10.6. The first-order chi connectivity index (χ1) is 4.46. The van der Waals surface area contributed by atoms with E-state index in [-0.39, 0.29) is 17.2 Å². The summed E-state index contributed by atoms with van der Waals surface area (Å²) in [6.45, 7) is 7.11. The van der Waals surface area contributed by atoms with E-state index < -0.39 is 7.92 Å². The van der Waals surface area contributed by atoms with Gasteiger partial charge >= 0.3 is 0 Å². The van der Waals surface area contributed by atoms with Gasteiger partial charge in [0.25, 0.3) is 0 Å². The maximum absolute atomic E-state index is 11.0. The van der Waals surface area contributed by atoms with Crippen molar-refractivity contribution in [1.82, 2.24) is 0 Å². The van der Waals surface area contributed by atoms with Crippen molar-refractivity contribution >= 4 is 19.2 Å². The number of rotatable bonds is 3. The van der Waals surface area contributed by atoms with Gasteiger partial charge in [-0.25, -0.2) is 0 Å². The van der Waals surface area contributed by atoms with Crippen LogP contribution in [-0.4, -0.2) is 24.6 Å². The third-order valence-electron chi connectivity index (χ3n) is 1.14. The van der Waals surface area contributed by atoms with Gasteiger partial charge in [-0.1, -0.05) is 13.8 Å². The van der Waals surface area contributed by atoms with Gasteiger partial charge in [-0.2, -0.15) is 0 Å². The SMILES string of the molecule is CC(C)C(=O)C(=O)P(C)C. The lowest BCUT2D eigenvalue weighted by molar-refractivity contribution is -0.133. The van der Waals surface area contributed by atoms with E-state index in [0.717, 1.165) is 0 Å². The van der Waals surface area contributed by atoms with Gasteiger partial charge in [0, 0.05) is 5.92 Å². The predicted molar refractivity (Wildman–Crippen MR) is 43.6 cm³/mol. The maximum atomic E-state index is 11.0. The van der Waals surface area contributed by atoms with Crippen LogP contribution in [0.25, 0.3) is 0 Å². The minimum atomic E-state index is -0.722. The minimum Gasteiger partial charge on any atom is -0.290 e. The second-order valence-electron chi connectivity index (χ2n) is 2.72. The smallest absolute Gasteiger partial charge is 0.219 e. The fourth-order valence-electron chi connectivity index (χ4n) is 0.467. The number of Topliss-reactive ketones (excluding diaryl/α,β-unsaturated/α-hetero) is 1. The lowest BCUT2D eigenvalue weighted by atomic mass is 10.1. The molecule has 0 radical (unpaired) electrons. The highest BCUT2D eigenvalue weighted by molar-refractivity contribution is 7.76. The number of ketones is 1. The number of carbonyl (C=O) groups excluding carboxylic acids is 2. The number of hydrogen-bond acceptors (Lipinski definition) is 2. The molecule has 2 nitrogen and oxygen atoms in total. The fourth-order valence-corrected chi connectivity index (χ4v) is 1.17. The van der Waals surface area contributed by atoms with Crippen LogP contribution in [0.2, 0.25) is 0 Å². The summed E-state index contributed by atoms with van der Waals surface area (Å²) in [7, 11) is -0.722. The molecule has 0 aliphatic carbocycles. The Bertz CT molecular complexity index is 132. The van der Waals surface area contributed by atoms with Crippen LogP contribution >= 0.6 is 7.92 Å². The van der Waals surface area contributed by atoms with Gasteiger partial charge in [-0.15, -0.1) is 0 Å². The summed E-state index contributed by atoms with van der Waals surface area (Å²) in [6.07, 6.45) is 0. The quantitative estimate of drug-likeness (QED) is 0.463. The highest BCUT2D eigenvalue weighted by Gasteiger charge is 2.19. The second kappa shape index (κ2) is 3.82. The summed E-state index contributed by atoms with van der Waals surface area (Å²) in [5, 5.41) is 0. The molecule has 0 aromatic heterocycles. The van der Waals surface area contributed by atoms with Gasteiger partial charge in [-0.05, 0) is 21.3 Å². The van der Waals surface area contributed by atoms with Crippen molar-refractivity contribution < 1.29 is 9.59 Å². The van der Waals surface area contributed by atoms with Gasteiger partial charge in [0.15, 0.2) is 0 Å². The van der Waals surface area contributed by atoms with Crippen LogP contribution < -0.4 is 0 Å². The predicted octanol–water partition coefficient (Wildman–Crippen LogP) is 1.48. The molecule has 0 saturated heterocycles. The highest BCUT2D eigenvalue weighted by atomic mass is 31.1. The molecule has 10 heavy (non-hydrogen) atoms. The van der Waals surface area contributed by atoms with E-state index in [1.54, 1.807) is 27.2 Å². The third-order valence-corrected chi connectivity index (χ3v) is 2.17. The van der Waals surface area contributed by atoms with Crippen LogP contribution in [0.1, 0.15) is 13.8 Å². The molecule has 0 N–H and O–H groups in total. The van der Waals surface area contributed by atoms with E-state index in [1.807, 2.05) is 0 Å². The molecule has 0 aliphatic rings. The van der Waals surface area contributed by atoms with Crippen molar-refractivity contribution in [3.8, 4) is 0 Å². The van der Waals surface area contributed by atoms with E-state index >= 15 is 0 Å². The van der Waals surface area contributed by atoms with Crippen LogP contribution in [0.4, 0.5) is 0 Å². The summed E-state index contributed by atoms with van der Waals surface area (Å²) in [6, 6.07) is 0. The Morgan fingerprint density at radius 1 is 1.20 bits per heavy atom. The van der Waals surface area contributed by atoms with Crippen molar-refractivity contribution in [1.29, 1.82) is 0 Å². The molecule has 0 unspecified atom stereocenters. The first-order valence-electron chi connectivity index (χ1n) is 3.22. The Balaban J connectivity index is 4.10. The van der Waals surface area contributed by atoms with Crippen molar-refractivity contribution in [2.75, 3.05) is 13.3 Å². The first-order valence-corrected chi connectivity index (χ1v) is 5.46. The number of hydrogen-bond donors (Lipinski definition) is 0. The highest BCUT2D eigenvalue weighted by Crippen LogP contribution is 2.27. The first kappa shape index (κ1) is 9.77. The van der Waals surface area contributed by atoms with Crippen molar-refractivity contribution in [2.45, 2.75) is 13.8 Å². The van der Waals surface area contributed by atoms with Gasteiger partial charge < -0.3 is 0 Å². The Hall–Kier alpha value is -0.230. The zero-order chi connectivity index (χ0) is 8.31. The van der Waals surface area contributed by atoms with Crippen LogP contribution in [0.5, 0.6) is 0 Å². The van der Waals surface area contributed by atoms with Crippen LogP contribution in [0, 0.1) is 5.92 Å². The summed E-state index contributed by atoms with van der Waals surface area (Å²) in [4.78, 5) is 21.9. The van der Waals surface area contributed by atoms with Gasteiger partial charge in [0.05, 0.1) is 0 Å². The van der Waals surface area contributed by atoms with E-state index in [1.165, 1.54) is 0 Å². The molecule has 0 fully saturated rings. The Morgan fingerprint density at radius 3 is 1.70 bits per heavy atom. The van der Waals surface area contributed by atoms with Gasteiger partial charge in [0.1, 0.15) is 0 Å². The molecular weight excluding hydrogens is 147 g/mol. The molecular formula is C7H13O2P.